The molecule has 1 heterocycles. The van der Waals surface area contributed by atoms with Crippen LogP contribution in [0.25, 0.3) is 0 Å². The molecule has 2 rings (SSSR count). The van der Waals surface area contributed by atoms with E-state index >= 15 is 0 Å². The van der Waals surface area contributed by atoms with Crippen molar-refractivity contribution in [3.05, 3.63) is 64.7 Å². The smallest absolute Gasteiger partial charge is 0.243 e. The number of rotatable bonds is 8. The summed E-state index contributed by atoms with van der Waals surface area (Å²) in [5.41, 5.74) is 6.29. The molecule has 0 aliphatic carbocycles. The van der Waals surface area contributed by atoms with Crippen LogP contribution in [0.3, 0.4) is 0 Å². The molecule has 7 nitrogen and oxygen atoms in total. The van der Waals surface area contributed by atoms with Gasteiger partial charge in [0.1, 0.15) is 23.1 Å². The van der Waals surface area contributed by atoms with Gasteiger partial charge >= 0.3 is 0 Å². The zero-order valence-electron chi connectivity index (χ0n) is 15.1. The van der Waals surface area contributed by atoms with E-state index in [-0.39, 0.29) is 18.4 Å². The van der Waals surface area contributed by atoms with Gasteiger partial charge in [-0.3, -0.25) is 14.4 Å². The second kappa shape index (κ2) is 9.80. The highest BCUT2D eigenvalue weighted by molar-refractivity contribution is 6.29. The highest BCUT2D eigenvalue weighted by atomic mass is 35.5. The molecule has 28 heavy (non-hydrogen) atoms. The van der Waals surface area contributed by atoms with Gasteiger partial charge in [0.25, 0.3) is 0 Å². The van der Waals surface area contributed by atoms with E-state index in [0.29, 0.717) is 10.7 Å². The molecule has 2 atom stereocenters. The maximum atomic E-state index is 13.9. The van der Waals surface area contributed by atoms with Gasteiger partial charge in [-0.2, -0.15) is 0 Å². The highest BCUT2D eigenvalue weighted by Gasteiger charge is 2.26. The van der Waals surface area contributed by atoms with Crippen LogP contribution in [0, 0.1) is 5.82 Å². The Balaban J connectivity index is 2.14. The molecule has 1 aromatic heterocycles. The fourth-order valence-corrected chi connectivity index (χ4v) is 2.71. The monoisotopic (exact) mass is 406 g/mol. The van der Waals surface area contributed by atoms with E-state index in [1.807, 2.05) is 0 Å². The minimum atomic E-state index is -1.07. The lowest BCUT2D eigenvalue weighted by Gasteiger charge is -2.22. The first-order valence-corrected chi connectivity index (χ1v) is 8.84. The van der Waals surface area contributed by atoms with Crippen molar-refractivity contribution in [2.24, 2.45) is 5.73 Å². The first kappa shape index (κ1) is 21.3. The van der Waals surface area contributed by atoms with Gasteiger partial charge in [0.05, 0.1) is 0 Å². The summed E-state index contributed by atoms with van der Waals surface area (Å²) in [4.78, 5) is 39.8. The van der Waals surface area contributed by atoms with Crippen molar-refractivity contribution >= 4 is 29.3 Å². The standard InChI is InChI=1S/C19H20ClFN4O3/c1-11(26)24-16(9-13-4-2-3-5-14(13)21)19(28)25-15(18(22)27)8-12-6-7-17(20)23-10-12/h2-7,10,15-16H,8-9H2,1H3,(H2,22,27)(H,24,26)(H,25,28)/t15-,16-/m0/s1. The maximum Gasteiger partial charge on any atom is 0.243 e. The van der Waals surface area contributed by atoms with Crippen LogP contribution in [0.15, 0.2) is 42.6 Å². The molecule has 9 heteroatoms. The maximum absolute atomic E-state index is 13.9. The van der Waals surface area contributed by atoms with Crippen LogP contribution in [-0.4, -0.2) is 34.8 Å². The average Bonchev–Trinajstić information content (AvgIpc) is 2.63. The summed E-state index contributed by atoms with van der Waals surface area (Å²) in [6, 6.07) is 7.03. The zero-order chi connectivity index (χ0) is 20.7. The second-order valence-electron chi connectivity index (χ2n) is 6.21. The van der Waals surface area contributed by atoms with Crippen molar-refractivity contribution in [1.82, 2.24) is 15.6 Å². The molecular weight excluding hydrogens is 387 g/mol. The third-order valence-electron chi connectivity index (χ3n) is 3.96. The minimum Gasteiger partial charge on any atom is -0.368 e. The van der Waals surface area contributed by atoms with Crippen LogP contribution in [0.2, 0.25) is 5.15 Å². The molecule has 4 N–H and O–H groups in total. The van der Waals surface area contributed by atoms with Crippen molar-refractivity contribution < 1.29 is 18.8 Å². The number of carbonyl (C=O) groups is 3. The van der Waals surface area contributed by atoms with E-state index in [9.17, 15) is 18.8 Å². The number of aromatic nitrogens is 1. The van der Waals surface area contributed by atoms with E-state index in [2.05, 4.69) is 15.6 Å². The van der Waals surface area contributed by atoms with Gasteiger partial charge in [0, 0.05) is 26.0 Å². The van der Waals surface area contributed by atoms with Crippen molar-refractivity contribution in [1.29, 1.82) is 0 Å². The van der Waals surface area contributed by atoms with Gasteiger partial charge in [-0.25, -0.2) is 9.37 Å². The number of halogens is 2. The number of hydrogen-bond acceptors (Lipinski definition) is 4. The molecule has 0 fully saturated rings. The number of benzene rings is 1. The Hall–Kier alpha value is -3.00. The average molecular weight is 407 g/mol. The number of hydrogen-bond donors (Lipinski definition) is 3. The summed E-state index contributed by atoms with van der Waals surface area (Å²) >= 11 is 5.73. The quantitative estimate of drug-likeness (QED) is 0.570. The number of nitrogens with one attached hydrogen (secondary N) is 2. The highest BCUT2D eigenvalue weighted by Crippen LogP contribution is 2.11. The predicted octanol–water partition coefficient (Wildman–Crippen LogP) is 1.13. The fourth-order valence-electron chi connectivity index (χ4n) is 2.60. The molecule has 0 bridgehead atoms. The Morgan fingerprint density at radius 2 is 1.82 bits per heavy atom. The van der Waals surface area contributed by atoms with Crippen LogP contribution >= 0.6 is 11.6 Å². The molecular formula is C19H20ClFN4O3. The van der Waals surface area contributed by atoms with Gasteiger partial charge in [-0.1, -0.05) is 35.9 Å². The number of nitrogens with zero attached hydrogens (tertiary/aromatic N) is 1. The number of primary amides is 1. The molecule has 1 aromatic carbocycles. The fraction of sp³-hybridized carbons (Fsp3) is 0.263. The number of pyridine rings is 1. The van der Waals surface area contributed by atoms with Crippen LogP contribution in [0.5, 0.6) is 0 Å². The summed E-state index contributed by atoms with van der Waals surface area (Å²) in [6.45, 7) is 1.24. The summed E-state index contributed by atoms with van der Waals surface area (Å²) in [6.07, 6.45) is 1.48. The SMILES string of the molecule is CC(=O)N[C@@H](Cc1ccccc1F)C(=O)N[C@@H](Cc1ccc(Cl)nc1)C(N)=O. The zero-order valence-corrected chi connectivity index (χ0v) is 15.9. The molecule has 0 radical (unpaired) electrons. The molecule has 0 saturated carbocycles. The number of nitrogens with two attached hydrogens (primary N) is 1. The third-order valence-corrected chi connectivity index (χ3v) is 4.19. The van der Waals surface area contributed by atoms with E-state index in [1.54, 1.807) is 18.2 Å². The summed E-state index contributed by atoms with van der Waals surface area (Å²) in [5, 5.41) is 5.28. The Kier molecular flexibility index (Phi) is 7.45. The van der Waals surface area contributed by atoms with Gasteiger partial charge in [-0.15, -0.1) is 0 Å². The van der Waals surface area contributed by atoms with Crippen molar-refractivity contribution in [3.63, 3.8) is 0 Å². The molecule has 2 aromatic rings. The molecule has 148 valence electrons. The van der Waals surface area contributed by atoms with Crippen LogP contribution in [0.4, 0.5) is 4.39 Å². The molecule has 0 spiro atoms. The van der Waals surface area contributed by atoms with E-state index in [0.717, 1.165) is 0 Å². The van der Waals surface area contributed by atoms with Crippen molar-refractivity contribution in [3.8, 4) is 0 Å². The van der Waals surface area contributed by atoms with Crippen molar-refractivity contribution in [2.75, 3.05) is 0 Å². The second-order valence-corrected chi connectivity index (χ2v) is 6.59. The summed E-state index contributed by atoms with van der Waals surface area (Å²) < 4.78 is 13.9. The normalized spacial score (nSPS) is 12.7. The lowest BCUT2D eigenvalue weighted by Crippen LogP contribution is -2.54. The molecule has 0 aliphatic rings. The summed E-state index contributed by atoms with van der Waals surface area (Å²) in [5.74, 6) is -2.36. The van der Waals surface area contributed by atoms with Gasteiger partial charge < -0.3 is 16.4 Å². The Labute approximate surface area is 166 Å². The van der Waals surface area contributed by atoms with E-state index in [4.69, 9.17) is 17.3 Å². The van der Waals surface area contributed by atoms with E-state index in [1.165, 1.54) is 31.3 Å². The summed E-state index contributed by atoms with van der Waals surface area (Å²) in [7, 11) is 0. The van der Waals surface area contributed by atoms with Crippen LogP contribution < -0.4 is 16.4 Å². The molecule has 3 amide bonds. The predicted molar refractivity (Wildman–Crippen MR) is 102 cm³/mol. The van der Waals surface area contributed by atoms with Gasteiger partial charge in [0.15, 0.2) is 0 Å². The Morgan fingerprint density at radius 3 is 2.39 bits per heavy atom. The first-order chi connectivity index (χ1) is 13.3. The lowest BCUT2D eigenvalue weighted by atomic mass is 10.0. The van der Waals surface area contributed by atoms with E-state index < -0.39 is 35.6 Å². The van der Waals surface area contributed by atoms with Crippen LogP contribution in [-0.2, 0) is 27.2 Å². The Bertz CT molecular complexity index is 861. The number of carbonyl (C=O) groups excluding carboxylic acids is 3. The third kappa shape index (κ3) is 6.31. The first-order valence-electron chi connectivity index (χ1n) is 8.47. The molecule has 0 unspecified atom stereocenters. The molecule has 0 saturated heterocycles. The van der Waals surface area contributed by atoms with Crippen LogP contribution in [0.1, 0.15) is 18.1 Å². The van der Waals surface area contributed by atoms with Crippen molar-refractivity contribution in [2.45, 2.75) is 31.8 Å². The Morgan fingerprint density at radius 1 is 1.11 bits per heavy atom. The lowest BCUT2D eigenvalue weighted by molar-refractivity contribution is -0.130. The number of amides is 3. The topological polar surface area (TPSA) is 114 Å². The largest absolute Gasteiger partial charge is 0.368 e. The minimum absolute atomic E-state index is 0.0773. The van der Waals surface area contributed by atoms with Gasteiger partial charge in [0.2, 0.25) is 17.7 Å². The van der Waals surface area contributed by atoms with Gasteiger partial charge in [-0.05, 0) is 23.3 Å². The molecule has 0 aliphatic heterocycles.